The van der Waals surface area contributed by atoms with Gasteiger partial charge in [-0.3, -0.25) is 9.71 Å². The summed E-state index contributed by atoms with van der Waals surface area (Å²) in [5, 5.41) is 14.5. The molecule has 0 fully saturated rings. The lowest BCUT2D eigenvalue weighted by Gasteiger charge is -2.15. The van der Waals surface area contributed by atoms with E-state index in [2.05, 4.69) is 9.71 Å². The van der Waals surface area contributed by atoms with Crippen LogP contribution in [0.1, 0.15) is 9.67 Å². The Bertz CT molecular complexity index is 1690. The van der Waals surface area contributed by atoms with E-state index in [9.17, 15) is 18.3 Å². The Hall–Kier alpha value is -3.60. The zero-order valence-corrected chi connectivity index (χ0v) is 20.7. The number of pyridine rings is 1. The third-order valence-corrected chi connectivity index (χ3v) is 8.84. The van der Waals surface area contributed by atoms with E-state index in [4.69, 9.17) is 4.74 Å². The molecule has 0 radical (unpaired) electrons. The number of hydrogen-bond donors (Lipinski definition) is 2. The van der Waals surface area contributed by atoms with Gasteiger partial charge in [0.25, 0.3) is 10.0 Å². The number of carbonyl (C=O) groups is 1. The maximum absolute atomic E-state index is 13.3. The highest BCUT2D eigenvalue weighted by Crippen LogP contribution is 2.44. The van der Waals surface area contributed by atoms with E-state index < -0.39 is 16.0 Å². The lowest BCUT2D eigenvalue weighted by atomic mass is 10.1. The standard InChI is InChI=1S/C25H18N2O5S3/c1-32-25(29)24-21(11-13-33-24)35(30,31)27-18-14-20(23(28)17-9-3-2-8-16(17)18)34-19-10-4-6-15-7-5-12-26-22(15)19/h2-14,27-28H,1H3. The normalized spacial score (nSPS) is 11.6. The maximum atomic E-state index is 13.3. The number of anilines is 1. The third-order valence-electron chi connectivity index (χ3n) is 5.33. The van der Waals surface area contributed by atoms with Crippen molar-refractivity contribution in [1.29, 1.82) is 0 Å². The number of methoxy groups -OCH3 is 1. The summed E-state index contributed by atoms with van der Waals surface area (Å²) >= 11 is 2.28. The fourth-order valence-electron chi connectivity index (χ4n) is 3.72. The SMILES string of the molecule is COC(=O)c1sccc1S(=O)(=O)Nc1cc(Sc2cccc3cccnc23)c(O)c2ccccc12. The van der Waals surface area contributed by atoms with Gasteiger partial charge in [-0.05, 0) is 29.6 Å². The molecule has 0 amide bonds. The highest BCUT2D eigenvalue weighted by atomic mass is 32.2. The molecule has 3 aromatic carbocycles. The molecule has 0 unspecified atom stereocenters. The average Bonchev–Trinajstić information content (AvgIpc) is 3.38. The van der Waals surface area contributed by atoms with Crippen LogP contribution in [-0.4, -0.2) is 31.6 Å². The van der Waals surface area contributed by atoms with Crippen molar-refractivity contribution in [2.75, 3.05) is 11.8 Å². The second kappa shape index (κ2) is 9.21. The van der Waals surface area contributed by atoms with E-state index in [1.54, 1.807) is 36.5 Å². The molecule has 5 rings (SSSR count). The van der Waals surface area contributed by atoms with E-state index in [0.29, 0.717) is 15.7 Å². The monoisotopic (exact) mass is 522 g/mol. The molecule has 0 spiro atoms. The molecule has 5 aromatic rings. The van der Waals surface area contributed by atoms with Gasteiger partial charge in [-0.15, -0.1) is 11.3 Å². The molecule has 2 N–H and O–H groups in total. The number of hydrogen-bond acceptors (Lipinski definition) is 8. The molecule has 35 heavy (non-hydrogen) atoms. The summed E-state index contributed by atoms with van der Waals surface area (Å²) in [5.41, 5.74) is 1.05. The lowest BCUT2D eigenvalue weighted by molar-refractivity contribution is 0.0602. The van der Waals surface area contributed by atoms with Gasteiger partial charge in [-0.25, -0.2) is 13.2 Å². The number of rotatable bonds is 6. The van der Waals surface area contributed by atoms with Gasteiger partial charge in [0.15, 0.2) is 0 Å². The van der Waals surface area contributed by atoms with Crippen molar-refractivity contribution in [3.63, 3.8) is 0 Å². The van der Waals surface area contributed by atoms with Crippen LogP contribution in [-0.2, 0) is 14.8 Å². The van der Waals surface area contributed by atoms with Crippen molar-refractivity contribution in [3.05, 3.63) is 83.2 Å². The van der Waals surface area contributed by atoms with E-state index in [-0.39, 0.29) is 21.2 Å². The van der Waals surface area contributed by atoms with Crippen LogP contribution in [0.2, 0.25) is 0 Å². The number of phenolic OH excluding ortho intramolecular Hbond substituents is 1. The Labute approximate surface area is 209 Å². The molecule has 2 aromatic heterocycles. The summed E-state index contributed by atoms with van der Waals surface area (Å²) in [6.07, 6.45) is 1.70. The van der Waals surface area contributed by atoms with Crippen molar-refractivity contribution in [2.24, 2.45) is 0 Å². The minimum absolute atomic E-state index is 0.0143. The zero-order valence-electron chi connectivity index (χ0n) is 18.3. The second-order valence-corrected chi connectivity index (χ2v) is 11.1. The summed E-state index contributed by atoms with van der Waals surface area (Å²) in [4.78, 5) is 17.6. The number of nitrogens with one attached hydrogen (secondary N) is 1. The number of thiophene rings is 1. The molecule has 10 heteroatoms. The van der Waals surface area contributed by atoms with Crippen LogP contribution >= 0.6 is 23.1 Å². The molecular weight excluding hydrogens is 504 g/mol. The first-order valence-electron chi connectivity index (χ1n) is 10.3. The van der Waals surface area contributed by atoms with Crippen molar-refractivity contribution >= 4 is 66.5 Å². The van der Waals surface area contributed by atoms with E-state index >= 15 is 0 Å². The van der Waals surface area contributed by atoms with Crippen LogP contribution < -0.4 is 4.72 Å². The van der Waals surface area contributed by atoms with Gasteiger partial charge in [-0.1, -0.05) is 54.2 Å². The van der Waals surface area contributed by atoms with Crippen molar-refractivity contribution in [1.82, 2.24) is 4.98 Å². The van der Waals surface area contributed by atoms with Gasteiger partial charge in [0.05, 0.1) is 23.2 Å². The summed E-state index contributed by atoms with van der Waals surface area (Å²) in [6.45, 7) is 0. The maximum Gasteiger partial charge on any atom is 0.349 e. The Morgan fingerprint density at radius 3 is 2.60 bits per heavy atom. The van der Waals surface area contributed by atoms with Crippen molar-refractivity contribution < 1.29 is 23.1 Å². The minimum atomic E-state index is -4.13. The van der Waals surface area contributed by atoms with Crippen LogP contribution in [0.5, 0.6) is 5.75 Å². The molecule has 7 nitrogen and oxygen atoms in total. The quantitative estimate of drug-likeness (QED) is 0.211. The van der Waals surface area contributed by atoms with E-state index in [0.717, 1.165) is 27.1 Å². The topological polar surface area (TPSA) is 106 Å². The molecule has 0 atom stereocenters. The number of para-hydroxylation sites is 1. The number of ether oxygens (including phenoxy) is 1. The third kappa shape index (κ3) is 4.31. The Morgan fingerprint density at radius 2 is 1.80 bits per heavy atom. The van der Waals surface area contributed by atoms with E-state index in [1.807, 2.05) is 30.3 Å². The number of aromatic hydroxyl groups is 1. The first-order valence-corrected chi connectivity index (χ1v) is 13.5. The molecule has 2 heterocycles. The Morgan fingerprint density at radius 1 is 1.03 bits per heavy atom. The van der Waals surface area contributed by atoms with Crippen LogP contribution in [0.4, 0.5) is 5.69 Å². The highest BCUT2D eigenvalue weighted by Gasteiger charge is 2.26. The predicted octanol–water partition coefficient (Wildman–Crippen LogP) is 5.89. The van der Waals surface area contributed by atoms with Crippen molar-refractivity contribution in [2.45, 2.75) is 14.7 Å². The lowest BCUT2D eigenvalue weighted by Crippen LogP contribution is -2.16. The Balaban J connectivity index is 1.62. The van der Waals surface area contributed by atoms with Crippen LogP contribution in [0.15, 0.2) is 93.0 Å². The summed E-state index contributed by atoms with van der Waals surface area (Å²) in [7, 11) is -2.93. The van der Waals surface area contributed by atoms with Crippen LogP contribution in [0, 0.1) is 0 Å². The summed E-state index contributed by atoms with van der Waals surface area (Å²) in [6, 6.07) is 19.5. The molecule has 176 valence electrons. The molecule has 0 saturated carbocycles. The highest BCUT2D eigenvalue weighted by molar-refractivity contribution is 7.99. The number of nitrogens with zero attached hydrogens (tertiary/aromatic N) is 1. The van der Waals surface area contributed by atoms with Crippen LogP contribution in [0.25, 0.3) is 21.7 Å². The van der Waals surface area contributed by atoms with Gasteiger partial charge < -0.3 is 9.84 Å². The second-order valence-electron chi connectivity index (χ2n) is 7.46. The Kier molecular flexibility index (Phi) is 6.10. The molecule has 0 saturated heterocycles. The first-order chi connectivity index (χ1) is 16.9. The van der Waals surface area contributed by atoms with Gasteiger partial charge in [0, 0.05) is 27.3 Å². The number of fused-ring (bicyclic) bond motifs is 2. The molecular formula is C25H18N2O5S3. The van der Waals surface area contributed by atoms with Gasteiger partial charge in [0.1, 0.15) is 15.5 Å². The molecule has 0 aliphatic heterocycles. The molecule has 0 bridgehead atoms. The fourth-order valence-corrected chi connectivity index (χ4v) is 7.16. The number of sulfonamides is 1. The smallest absolute Gasteiger partial charge is 0.349 e. The van der Waals surface area contributed by atoms with Crippen molar-refractivity contribution in [3.8, 4) is 5.75 Å². The predicted molar refractivity (Wildman–Crippen MR) is 138 cm³/mol. The average molecular weight is 523 g/mol. The number of benzene rings is 3. The first kappa shape index (κ1) is 23.2. The van der Waals surface area contributed by atoms with Gasteiger partial charge in [0.2, 0.25) is 0 Å². The van der Waals surface area contributed by atoms with Crippen LogP contribution in [0.3, 0.4) is 0 Å². The van der Waals surface area contributed by atoms with Gasteiger partial charge in [-0.2, -0.15) is 0 Å². The number of phenols is 1. The fraction of sp³-hybridized carbons (Fsp3) is 0.0400. The summed E-state index contributed by atoms with van der Waals surface area (Å²) in [5.74, 6) is -0.692. The van der Waals surface area contributed by atoms with Gasteiger partial charge >= 0.3 is 5.97 Å². The minimum Gasteiger partial charge on any atom is -0.506 e. The summed E-state index contributed by atoms with van der Waals surface area (Å²) < 4.78 is 33.9. The number of esters is 1. The zero-order chi connectivity index (χ0) is 24.6. The number of carbonyl (C=O) groups excluding carboxylic acids is 1. The largest absolute Gasteiger partial charge is 0.506 e. The number of aromatic nitrogens is 1. The molecule has 0 aliphatic carbocycles. The van der Waals surface area contributed by atoms with E-state index in [1.165, 1.54) is 30.3 Å². The molecule has 0 aliphatic rings.